The number of amides is 1. The molecule has 0 aliphatic heterocycles. The fourth-order valence-electron chi connectivity index (χ4n) is 1.85. The molecule has 0 saturated carbocycles. The van der Waals surface area contributed by atoms with Gasteiger partial charge in [0.1, 0.15) is 11.3 Å². The summed E-state index contributed by atoms with van der Waals surface area (Å²) in [7, 11) is 0. The third-order valence-corrected chi connectivity index (χ3v) is 2.75. The second kappa shape index (κ2) is 6.29. The van der Waals surface area contributed by atoms with Crippen LogP contribution >= 0.6 is 0 Å². The SMILES string of the molecule is CCCNCCNC(=O)c1cc(F)cc2[nH]cnc12. The van der Waals surface area contributed by atoms with Gasteiger partial charge in [-0.15, -0.1) is 0 Å². The van der Waals surface area contributed by atoms with E-state index in [0.29, 0.717) is 24.1 Å². The van der Waals surface area contributed by atoms with Gasteiger partial charge < -0.3 is 15.6 Å². The minimum absolute atomic E-state index is 0.256. The van der Waals surface area contributed by atoms with Gasteiger partial charge in [-0.2, -0.15) is 0 Å². The van der Waals surface area contributed by atoms with Gasteiger partial charge in [0.05, 0.1) is 17.4 Å². The van der Waals surface area contributed by atoms with Gasteiger partial charge in [0, 0.05) is 13.1 Å². The highest BCUT2D eigenvalue weighted by Crippen LogP contribution is 2.16. The molecule has 0 radical (unpaired) electrons. The number of benzene rings is 1. The number of aromatic amines is 1. The number of carbonyl (C=O) groups is 1. The summed E-state index contributed by atoms with van der Waals surface area (Å²) >= 11 is 0. The van der Waals surface area contributed by atoms with Gasteiger partial charge in [-0.1, -0.05) is 6.92 Å². The average Bonchev–Trinajstić information content (AvgIpc) is 2.85. The Morgan fingerprint density at radius 2 is 2.21 bits per heavy atom. The van der Waals surface area contributed by atoms with E-state index in [4.69, 9.17) is 0 Å². The number of nitrogens with zero attached hydrogens (tertiary/aromatic N) is 1. The summed E-state index contributed by atoms with van der Waals surface area (Å²) in [6.45, 7) is 4.19. The highest BCUT2D eigenvalue weighted by Gasteiger charge is 2.13. The highest BCUT2D eigenvalue weighted by atomic mass is 19.1. The van der Waals surface area contributed by atoms with E-state index >= 15 is 0 Å². The molecule has 0 unspecified atom stereocenters. The van der Waals surface area contributed by atoms with E-state index in [9.17, 15) is 9.18 Å². The predicted molar refractivity (Wildman–Crippen MR) is 71.5 cm³/mol. The van der Waals surface area contributed by atoms with Crippen molar-refractivity contribution in [1.82, 2.24) is 20.6 Å². The lowest BCUT2D eigenvalue weighted by molar-refractivity contribution is 0.0955. The molecule has 0 atom stereocenters. The zero-order valence-corrected chi connectivity index (χ0v) is 10.8. The first-order chi connectivity index (χ1) is 9.22. The van der Waals surface area contributed by atoms with Crippen molar-refractivity contribution in [2.24, 2.45) is 0 Å². The molecule has 0 bridgehead atoms. The first-order valence-electron chi connectivity index (χ1n) is 6.34. The Balaban J connectivity index is 2.02. The quantitative estimate of drug-likeness (QED) is 0.691. The molecule has 2 rings (SSSR count). The second-order valence-electron chi connectivity index (χ2n) is 4.26. The van der Waals surface area contributed by atoms with E-state index in [1.165, 1.54) is 18.5 Å². The third-order valence-electron chi connectivity index (χ3n) is 2.75. The summed E-state index contributed by atoms with van der Waals surface area (Å²) in [5.74, 6) is -0.763. The van der Waals surface area contributed by atoms with Crippen LogP contribution in [0.25, 0.3) is 11.0 Å². The van der Waals surface area contributed by atoms with Gasteiger partial charge in [-0.05, 0) is 25.1 Å². The largest absolute Gasteiger partial charge is 0.351 e. The third kappa shape index (κ3) is 3.29. The molecule has 2 aromatic rings. The summed E-state index contributed by atoms with van der Waals surface area (Å²) in [6, 6.07) is 2.53. The Morgan fingerprint density at radius 1 is 1.37 bits per heavy atom. The number of carbonyl (C=O) groups excluding carboxylic acids is 1. The topological polar surface area (TPSA) is 69.8 Å². The molecule has 5 nitrogen and oxygen atoms in total. The van der Waals surface area contributed by atoms with Crippen LogP contribution in [-0.2, 0) is 0 Å². The van der Waals surface area contributed by atoms with Crippen molar-refractivity contribution in [3.05, 3.63) is 29.8 Å². The minimum Gasteiger partial charge on any atom is -0.351 e. The minimum atomic E-state index is -0.453. The van der Waals surface area contributed by atoms with Crippen LogP contribution in [0.5, 0.6) is 0 Å². The average molecular weight is 264 g/mol. The fraction of sp³-hybridized carbons (Fsp3) is 0.385. The van der Waals surface area contributed by atoms with Gasteiger partial charge in [-0.3, -0.25) is 4.79 Å². The maximum Gasteiger partial charge on any atom is 0.253 e. The number of aromatic nitrogens is 2. The molecule has 0 aliphatic carbocycles. The Labute approximate surface area is 110 Å². The zero-order valence-electron chi connectivity index (χ0n) is 10.8. The molecule has 6 heteroatoms. The monoisotopic (exact) mass is 264 g/mol. The van der Waals surface area contributed by atoms with E-state index in [2.05, 4.69) is 27.5 Å². The van der Waals surface area contributed by atoms with Crippen molar-refractivity contribution in [2.75, 3.05) is 19.6 Å². The molecule has 0 spiro atoms. The summed E-state index contributed by atoms with van der Waals surface area (Å²) in [5, 5.41) is 5.92. The smallest absolute Gasteiger partial charge is 0.253 e. The number of nitrogens with one attached hydrogen (secondary N) is 3. The summed E-state index contributed by atoms with van der Waals surface area (Å²) in [6.07, 6.45) is 2.50. The van der Waals surface area contributed by atoms with Crippen LogP contribution in [0.2, 0.25) is 0 Å². The van der Waals surface area contributed by atoms with Gasteiger partial charge in [-0.25, -0.2) is 9.37 Å². The second-order valence-corrected chi connectivity index (χ2v) is 4.26. The maximum absolute atomic E-state index is 13.4. The maximum atomic E-state index is 13.4. The number of hydrogen-bond acceptors (Lipinski definition) is 3. The summed E-state index contributed by atoms with van der Waals surface area (Å²) in [4.78, 5) is 18.8. The van der Waals surface area contributed by atoms with Crippen LogP contribution in [0.1, 0.15) is 23.7 Å². The molecular weight excluding hydrogens is 247 g/mol. The Bertz CT molecular complexity index is 567. The van der Waals surface area contributed by atoms with Crippen molar-refractivity contribution < 1.29 is 9.18 Å². The van der Waals surface area contributed by atoms with Crippen LogP contribution in [0.4, 0.5) is 4.39 Å². The normalized spacial score (nSPS) is 10.8. The van der Waals surface area contributed by atoms with Gasteiger partial charge in [0.15, 0.2) is 0 Å². The first kappa shape index (κ1) is 13.5. The summed E-state index contributed by atoms with van der Waals surface area (Å²) in [5.41, 5.74) is 1.27. The molecule has 1 aromatic carbocycles. The lowest BCUT2D eigenvalue weighted by Gasteiger charge is -2.07. The van der Waals surface area contributed by atoms with Crippen molar-refractivity contribution in [2.45, 2.75) is 13.3 Å². The van der Waals surface area contributed by atoms with Crippen molar-refractivity contribution in [3.8, 4) is 0 Å². The van der Waals surface area contributed by atoms with Crippen LogP contribution in [0, 0.1) is 5.82 Å². The van der Waals surface area contributed by atoms with Gasteiger partial charge >= 0.3 is 0 Å². The number of imidazole rings is 1. The number of halogens is 1. The Morgan fingerprint density at radius 3 is 3.00 bits per heavy atom. The van der Waals surface area contributed by atoms with Crippen LogP contribution in [0.3, 0.4) is 0 Å². The lowest BCUT2D eigenvalue weighted by atomic mass is 10.1. The van der Waals surface area contributed by atoms with E-state index in [-0.39, 0.29) is 11.5 Å². The zero-order chi connectivity index (χ0) is 13.7. The van der Waals surface area contributed by atoms with Crippen LogP contribution in [0.15, 0.2) is 18.5 Å². The highest BCUT2D eigenvalue weighted by molar-refractivity contribution is 6.04. The predicted octanol–water partition coefficient (Wildman–Crippen LogP) is 1.43. The van der Waals surface area contributed by atoms with Crippen molar-refractivity contribution in [3.63, 3.8) is 0 Å². The van der Waals surface area contributed by atoms with E-state index in [1.807, 2.05) is 0 Å². The van der Waals surface area contributed by atoms with Gasteiger partial charge in [0.2, 0.25) is 0 Å². The Hall–Kier alpha value is -1.95. The fourth-order valence-corrected chi connectivity index (χ4v) is 1.85. The first-order valence-corrected chi connectivity index (χ1v) is 6.34. The van der Waals surface area contributed by atoms with Crippen LogP contribution in [-0.4, -0.2) is 35.5 Å². The van der Waals surface area contributed by atoms with E-state index in [1.54, 1.807) is 0 Å². The number of hydrogen-bond donors (Lipinski definition) is 3. The summed E-state index contributed by atoms with van der Waals surface area (Å²) < 4.78 is 13.4. The standard InChI is InChI=1S/C13H17FN4O/c1-2-3-15-4-5-16-13(19)10-6-9(14)7-11-12(10)18-8-17-11/h6-8,15H,2-5H2,1H3,(H,16,19)(H,17,18). The molecule has 0 saturated heterocycles. The molecule has 19 heavy (non-hydrogen) atoms. The van der Waals surface area contributed by atoms with E-state index < -0.39 is 5.82 Å². The molecule has 0 aliphatic rings. The number of fused-ring (bicyclic) bond motifs is 1. The molecule has 1 heterocycles. The van der Waals surface area contributed by atoms with Crippen molar-refractivity contribution >= 4 is 16.9 Å². The molecule has 0 fully saturated rings. The molecule has 3 N–H and O–H groups in total. The van der Waals surface area contributed by atoms with Gasteiger partial charge in [0.25, 0.3) is 5.91 Å². The number of rotatable bonds is 6. The van der Waals surface area contributed by atoms with Crippen molar-refractivity contribution in [1.29, 1.82) is 0 Å². The van der Waals surface area contributed by atoms with E-state index in [0.717, 1.165) is 13.0 Å². The molecule has 102 valence electrons. The van der Waals surface area contributed by atoms with Crippen LogP contribution < -0.4 is 10.6 Å². The lowest BCUT2D eigenvalue weighted by Crippen LogP contribution is -2.32. The number of H-pyrrole nitrogens is 1. The molecular formula is C13H17FN4O. The Kier molecular flexibility index (Phi) is 4.46. The molecule has 1 amide bonds. The molecule has 1 aromatic heterocycles.